The lowest BCUT2D eigenvalue weighted by atomic mass is 10.2. The molecule has 0 radical (unpaired) electrons. The van der Waals surface area contributed by atoms with Crippen molar-refractivity contribution in [1.29, 1.82) is 0 Å². The van der Waals surface area contributed by atoms with Crippen LogP contribution >= 0.6 is 11.3 Å². The van der Waals surface area contributed by atoms with Crippen molar-refractivity contribution >= 4 is 11.3 Å². The van der Waals surface area contributed by atoms with Gasteiger partial charge in [-0.3, -0.25) is 0 Å². The molecule has 0 saturated heterocycles. The van der Waals surface area contributed by atoms with Crippen molar-refractivity contribution in [2.75, 3.05) is 13.1 Å². The van der Waals surface area contributed by atoms with Gasteiger partial charge in [-0.1, -0.05) is 13.8 Å². The first-order chi connectivity index (χ1) is 6.18. The van der Waals surface area contributed by atoms with Gasteiger partial charge in [0.1, 0.15) is 0 Å². The molecule has 1 aromatic rings. The Labute approximate surface area is 85.2 Å². The summed E-state index contributed by atoms with van der Waals surface area (Å²) in [5.74, 6) is 0.754. The molecule has 1 heterocycles. The molecule has 13 heavy (non-hydrogen) atoms. The molecule has 0 aliphatic rings. The summed E-state index contributed by atoms with van der Waals surface area (Å²) in [6.45, 7) is 8.87. The Morgan fingerprint density at radius 3 is 2.77 bits per heavy atom. The van der Waals surface area contributed by atoms with Crippen LogP contribution in [0, 0.1) is 12.8 Å². The van der Waals surface area contributed by atoms with Crippen LogP contribution in [0.2, 0.25) is 0 Å². The third kappa shape index (κ3) is 4.44. The molecular weight excluding hydrogens is 178 g/mol. The van der Waals surface area contributed by atoms with E-state index >= 15 is 0 Å². The molecule has 0 aromatic carbocycles. The lowest BCUT2D eigenvalue weighted by Crippen LogP contribution is -2.21. The molecule has 0 spiro atoms. The molecule has 0 amide bonds. The van der Waals surface area contributed by atoms with Crippen LogP contribution in [0.1, 0.15) is 24.3 Å². The maximum atomic E-state index is 3.45. The average Bonchev–Trinajstić information content (AvgIpc) is 2.45. The first kappa shape index (κ1) is 10.7. The number of hydrogen-bond donors (Lipinski definition) is 1. The van der Waals surface area contributed by atoms with Crippen molar-refractivity contribution in [1.82, 2.24) is 5.32 Å². The highest BCUT2D eigenvalue weighted by atomic mass is 32.1. The van der Waals surface area contributed by atoms with Crippen LogP contribution in [-0.4, -0.2) is 13.1 Å². The molecule has 1 N–H and O–H groups in total. The van der Waals surface area contributed by atoms with Crippen LogP contribution in [0.25, 0.3) is 0 Å². The van der Waals surface area contributed by atoms with Gasteiger partial charge in [0.2, 0.25) is 0 Å². The molecule has 1 aromatic heterocycles. The molecule has 74 valence electrons. The standard InChI is InChI=1S/C11H19NS/c1-9(2)7-12-5-4-11-6-10(3)13-8-11/h6,8-9,12H,4-5,7H2,1-3H3. The van der Waals surface area contributed by atoms with Crippen LogP contribution < -0.4 is 5.32 Å². The van der Waals surface area contributed by atoms with E-state index in [1.54, 1.807) is 0 Å². The zero-order valence-corrected chi connectivity index (χ0v) is 9.58. The lowest BCUT2D eigenvalue weighted by Gasteiger charge is -2.05. The SMILES string of the molecule is Cc1cc(CCNCC(C)C)cs1. The Bertz CT molecular complexity index is 240. The van der Waals surface area contributed by atoms with Gasteiger partial charge in [-0.05, 0) is 49.4 Å². The largest absolute Gasteiger partial charge is 0.316 e. The van der Waals surface area contributed by atoms with Gasteiger partial charge in [-0.15, -0.1) is 11.3 Å². The number of nitrogens with one attached hydrogen (secondary N) is 1. The fourth-order valence-corrected chi connectivity index (χ4v) is 1.99. The van der Waals surface area contributed by atoms with Gasteiger partial charge in [-0.2, -0.15) is 0 Å². The summed E-state index contributed by atoms with van der Waals surface area (Å²) in [5.41, 5.74) is 1.47. The second-order valence-electron chi connectivity index (χ2n) is 3.91. The van der Waals surface area contributed by atoms with E-state index < -0.39 is 0 Å². The Balaban J connectivity index is 2.13. The zero-order chi connectivity index (χ0) is 9.68. The van der Waals surface area contributed by atoms with Gasteiger partial charge in [0, 0.05) is 4.88 Å². The van der Waals surface area contributed by atoms with Crippen molar-refractivity contribution in [3.63, 3.8) is 0 Å². The quantitative estimate of drug-likeness (QED) is 0.716. The molecule has 0 saturated carbocycles. The van der Waals surface area contributed by atoms with E-state index in [-0.39, 0.29) is 0 Å². The van der Waals surface area contributed by atoms with Gasteiger partial charge in [0.25, 0.3) is 0 Å². The van der Waals surface area contributed by atoms with Crippen molar-refractivity contribution in [2.24, 2.45) is 5.92 Å². The third-order valence-corrected chi connectivity index (χ3v) is 2.84. The molecule has 0 atom stereocenters. The Morgan fingerprint density at radius 2 is 2.23 bits per heavy atom. The van der Waals surface area contributed by atoms with Gasteiger partial charge in [0.15, 0.2) is 0 Å². The molecule has 2 heteroatoms. The minimum Gasteiger partial charge on any atom is -0.316 e. The van der Waals surface area contributed by atoms with Crippen LogP contribution in [0.3, 0.4) is 0 Å². The molecule has 0 aliphatic carbocycles. The first-order valence-corrected chi connectivity index (χ1v) is 5.81. The number of thiophene rings is 1. The van der Waals surface area contributed by atoms with E-state index in [0.717, 1.165) is 25.4 Å². The second kappa shape index (κ2) is 5.40. The van der Waals surface area contributed by atoms with E-state index in [4.69, 9.17) is 0 Å². The minimum absolute atomic E-state index is 0.754. The van der Waals surface area contributed by atoms with Crippen molar-refractivity contribution in [3.05, 3.63) is 21.9 Å². The molecule has 0 fully saturated rings. The lowest BCUT2D eigenvalue weighted by molar-refractivity contribution is 0.554. The second-order valence-corrected chi connectivity index (χ2v) is 5.03. The summed E-state index contributed by atoms with van der Waals surface area (Å²) in [5, 5.41) is 5.70. The molecule has 0 aliphatic heterocycles. The van der Waals surface area contributed by atoms with Gasteiger partial charge < -0.3 is 5.32 Å². The normalized spacial score (nSPS) is 11.1. The number of hydrogen-bond acceptors (Lipinski definition) is 2. The van der Waals surface area contributed by atoms with E-state index in [9.17, 15) is 0 Å². The van der Waals surface area contributed by atoms with E-state index in [1.807, 2.05) is 11.3 Å². The average molecular weight is 197 g/mol. The molecular formula is C11H19NS. The van der Waals surface area contributed by atoms with Crippen molar-refractivity contribution < 1.29 is 0 Å². The first-order valence-electron chi connectivity index (χ1n) is 4.93. The maximum absolute atomic E-state index is 3.45. The Hall–Kier alpha value is -0.340. The Kier molecular flexibility index (Phi) is 4.46. The fraction of sp³-hybridized carbons (Fsp3) is 0.636. The molecule has 1 rings (SSSR count). The summed E-state index contributed by atoms with van der Waals surface area (Å²) in [7, 11) is 0. The molecule has 1 nitrogen and oxygen atoms in total. The topological polar surface area (TPSA) is 12.0 Å². The molecule has 0 unspecified atom stereocenters. The van der Waals surface area contributed by atoms with Crippen LogP contribution in [0.15, 0.2) is 11.4 Å². The summed E-state index contributed by atoms with van der Waals surface area (Å²) in [6.07, 6.45) is 1.16. The highest BCUT2D eigenvalue weighted by Gasteiger charge is 1.96. The minimum atomic E-state index is 0.754. The highest BCUT2D eigenvalue weighted by Crippen LogP contribution is 2.12. The van der Waals surface area contributed by atoms with Crippen LogP contribution in [0.4, 0.5) is 0 Å². The van der Waals surface area contributed by atoms with Crippen LogP contribution in [-0.2, 0) is 6.42 Å². The zero-order valence-electron chi connectivity index (χ0n) is 8.76. The van der Waals surface area contributed by atoms with Crippen molar-refractivity contribution in [3.8, 4) is 0 Å². The maximum Gasteiger partial charge on any atom is 0.00170 e. The smallest absolute Gasteiger partial charge is 0.00170 e. The monoisotopic (exact) mass is 197 g/mol. The molecule has 0 bridgehead atoms. The summed E-state index contributed by atoms with van der Waals surface area (Å²) >= 11 is 1.84. The predicted octanol–water partition coefficient (Wildman–Crippen LogP) is 2.84. The van der Waals surface area contributed by atoms with E-state index in [0.29, 0.717) is 0 Å². The number of rotatable bonds is 5. The van der Waals surface area contributed by atoms with Crippen molar-refractivity contribution in [2.45, 2.75) is 27.2 Å². The summed E-state index contributed by atoms with van der Waals surface area (Å²) in [4.78, 5) is 1.42. The fourth-order valence-electron chi connectivity index (χ4n) is 1.25. The number of aryl methyl sites for hydroxylation is 1. The van der Waals surface area contributed by atoms with E-state index in [2.05, 4.69) is 37.5 Å². The van der Waals surface area contributed by atoms with E-state index in [1.165, 1.54) is 10.4 Å². The van der Waals surface area contributed by atoms with Gasteiger partial charge >= 0.3 is 0 Å². The highest BCUT2D eigenvalue weighted by molar-refractivity contribution is 7.10. The van der Waals surface area contributed by atoms with Crippen LogP contribution in [0.5, 0.6) is 0 Å². The third-order valence-electron chi connectivity index (χ3n) is 1.93. The van der Waals surface area contributed by atoms with Gasteiger partial charge in [-0.25, -0.2) is 0 Å². The summed E-state index contributed by atoms with van der Waals surface area (Å²) in [6, 6.07) is 2.28. The summed E-state index contributed by atoms with van der Waals surface area (Å²) < 4.78 is 0. The Morgan fingerprint density at radius 1 is 1.46 bits per heavy atom. The predicted molar refractivity (Wildman–Crippen MR) is 60.5 cm³/mol. The van der Waals surface area contributed by atoms with Gasteiger partial charge in [0.05, 0.1) is 0 Å².